The number of hydrogen-bond donors (Lipinski definition) is 0. The first-order chi connectivity index (χ1) is 52.6. The number of fused-ring (bicyclic) bond motifs is 12. The summed E-state index contributed by atoms with van der Waals surface area (Å²) >= 11 is 0. The highest BCUT2D eigenvalue weighted by Gasteiger charge is 2.28. The van der Waals surface area contributed by atoms with Gasteiger partial charge in [-0.25, -0.2) is 38.2 Å². The summed E-state index contributed by atoms with van der Waals surface area (Å²) < 4.78 is 112. The van der Waals surface area contributed by atoms with E-state index in [0.29, 0.717) is 51.0 Å². The Labute approximate surface area is 613 Å². The van der Waals surface area contributed by atoms with Crippen molar-refractivity contribution in [2.24, 2.45) is 28.2 Å². The van der Waals surface area contributed by atoms with Crippen molar-refractivity contribution in [1.82, 2.24) is 19.9 Å². The molecule has 0 amide bonds. The number of benzene rings is 4. The third kappa shape index (κ3) is 12.8. The zero-order valence-electron chi connectivity index (χ0n) is 72.0. The van der Waals surface area contributed by atoms with E-state index in [1.165, 1.54) is 22.4 Å². The monoisotopic (exact) mass is 1360 g/mol. The highest BCUT2D eigenvalue weighted by atomic mass is 16.4. The summed E-state index contributed by atoms with van der Waals surface area (Å²) in [5, 5.41) is 8.08. The van der Waals surface area contributed by atoms with Gasteiger partial charge in [0, 0.05) is 127 Å². The number of furan rings is 4. The Morgan fingerprint density at radius 1 is 0.324 bits per heavy atom. The second-order valence-corrected chi connectivity index (χ2v) is 28.5. The molecular formula is C90H96N8O4+4. The zero-order chi connectivity index (χ0) is 81.0. The lowest BCUT2D eigenvalue weighted by molar-refractivity contribution is -0.660. The van der Waals surface area contributed by atoms with Crippen LogP contribution in [0.2, 0.25) is 0 Å². The molecule has 0 aliphatic rings. The second-order valence-electron chi connectivity index (χ2n) is 28.5. The fraction of sp³-hybridized carbons (Fsp3) is 0.289. The maximum atomic E-state index is 8.54. The molecule has 0 N–H and O–H groups in total. The van der Waals surface area contributed by atoms with Crippen molar-refractivity contribution < 1.29 is 49.6 Å². The van der Waals surface area contributed by atoms with Crippen molar-refractivity contribution in [2.45, 2.75) is 148 Å². The first-order valence-electron chi connectivity index (χ1n) is 39.9. The minimum Gasteiger partial charge on any atom is -0.437 e. The van der Waals surface area contributed by atoms with Crippen molar-refractivity contribution in [1.29, 1.82) is 0 Å². The van der Waals surface area contributed by atoms with E-state index in [0.717, 1.165) is 138 Å². The molecule has 12 aromatic heterocycles. The third-order valence-corrected chi connectivity index (χ3v) is 19.8. The molecule has 516 valence electrons. The maximum Gasteiger partial charge on any atom is 0.227 e. The Bertz CT molecular complexity index is 6400. The molecule has 12 heteroatoms. The zero-order valence-corrected chi connectivity index (χ0v) is 62.0. The molecule has 0 saturated carbocycles. The summed E-state index contributed by atoms with van der Waals surface area (Å²) in [5.41, 5.74) is 25.6. The predicted molar refractivity (Wildman–Crippen MR) is 416 cm³/mol. The minimum atomic E-state index is -2.30. The number of pyridine rings is 8. The second kappa shape index (κ2) is 27.7. The lowest BCUT2D eigenvalue weighted by Gasteiger charge is -2.12. The molecular weight excluding hydrogens is 1260 g/mol. The van der Waals surface area contributed by atoms with Crippen molar-refractivity contribution >= 4 is 88.3 Å². The molecule has 12 heterocycles. The maximum absolute atomic E-state index is 8.54. The number of aryl methyl sites for hydroxylation is 14. The van der Waals surface area contributed by atoms with Crippen molar-refractivity contribution in [2.75, 3.05) is 0 Å². The van der Waals surface area contributed by atoms with Gasteiger partial charge in [-0.1, -0.05) is 104 Å². The van der Waals surface area contributed by atoms with Gasteiger partial charge in [0.25, 0.3) is 0 Å². The highest BCUT2D eigenvalue weighted by molar-refractivity contribution is 6.12. The Hall–Kier alpha value is -10.7. The van der Waals surface area contributed by atoms with Crippen LogP contribution in [-0.2, 0) is 28.2 Å². The summed E-state index contributed by atoms with van der Waals surface area (Å²) in [6.07, 6.45) is 10.7. The van der Waals surface area contributed by atoms with Gasteiger partial charge in [0.1, 0.15) is 28.2 Å². The molecule has 0 saturated heterocycles. The van der Waals surface area contributed by atoms with E-state index >= 15 is 0 Å². The van der Waals surface area contributed by atoms with Crippen molar-refractivity contribution in [3.63, 3.8) is 0 Å². The number of rotatable bonds is 8. The number of hydrogen-bond acceptors (Lipinski definition) is 8. The normalized spacial score (nSPS) is 13.7. The molecule has 0 radical (unpaired) electrons. The molecule has 102 heavy (non-hydrogen) atoms. The Kier molecular flexibility index (Phi) is 15.7. The largest absolute Gasteiger partial charge is 0.437 e. The van der Waals surface area contributed by atoms with E-state index in [4.69, 9.17) is 31.4 Å². The van der Waals surface area contributed by atoms with Crippen LogP contribution in [0.3, 0.4) is 0 Å². The fourth-order valence-electron chi connectivity index (χ4n) is 14.4. The summed E-state index contributed by atoms with van der Waals surface area (Å²) in [7, 11) is 7.70. The van der Waals surface area contributed by atoms with Crippen LogP contribution in [0, 0.1) is 69.0 Å². The molecule has 0 fully saturated rings. The summed E-state index contributed by atoms with van der Waals surface area (Å²) in [6, 6.07) is 40.7. The molecule has 0 unspecified atom stereocenters. The fourth-order valence-corrected chi connectivity index (χ4v) is 14.4. The van der Waals surface area contributed by atoms with Gasteiger partial charge in [0.05, 0.1) is 22.3 Å². The highest BCUT2D eigenvalue weighted by Crippen LogP contribution is 2.42. The van der Waals surface area contributed by atoms with Gasteiger partial charge in [-0.2, -0.15) is 0 Å². The molecule has 0 atom stereocenters. The van der Waals surface area contributed by atoms with Gasteiger partial charge >= 0.3 is 0 Å². The van der Waals surface area contributed by atoms with E-state index < -0.39 is 26.4 Å². The quantitative estimate of drug-likeness (QED) is 0.138. The van der Waals surface area contributed by atoms with Crippen LogP contribution >= 0.6 is 0 Å². The van der Waals surface area contributed by atoms with Crippen molar-refractivity contribution in [3.8, 4) is 45.0 Å². The van der Waals surface area contributed by atoms with Crippen molar-refractivity contribution in [3.05, 3.63) is 237 Å². The minimum absolute atomic E-state index is 0.0878. The number of aromatic nitrogens is 8. The van der Waals surface area contributed by atoms with Crippen LogP contribution in [0.1, 0.15) is 171 Å². The molecule has 4 aromatic carbocycles. The standard InChI is InChI=1S/2C23H25N2O.2C22H23N2O/c2*1-13(2)19-11-20(25(6)12-15(19)4)21-14(3)7-9-17-18-10-8-16(5)24-23(18)26-22(17)21;2*1-13(2)18-11-19(24(5)12-15(18)4)20-14(3)8-9-16-17-7-6-10-23-22(17)25-21(16)20/h2*7-13H,1-6H3;2*6-13H,1-5H3/q4*+1/i4D3;;4D3,13D;4D3. The van der Waals surface area contributed by atoms with E-state index in [9.17, 15) is 0 Å². The first kappa shape index (κ1) is 58.0. The van der Waals surface area contributed by atoms with E-state index in [2.05, 4.69) is 114 Å². The first-order valence-corrected chi connectivity index (χ1v) is 34.9. The molecule has 12 nitrogen and oxygen atoms in total. The van der Waals surface area contributed by atoms with E-state index in [1.807, 2.05) is 165 Å². The van der Waals surface area contributed by atoms with E-state index in [-0.39, 0.29) is 17.4 Å². The van der Waals surface area contributed by atoms with Gasteiger partial charge in [-0.3, -0.25) is 0 Å². The Morgan fingerprint density at radius 2 is 0.598 bits per heavy atom. The molecule has 16 rings (SSSR count). The predicted octanol–water partition coefficient (Wildman–Crippen LogP) is 21.5. The topological polar surface area (TPSA) is 120 Å². The molecule has 0 spiro atoms. The van der Waals surface area contributed by atoms with Crippen LogP contribution in [0.15, 0.2) is 176 Å². The van der Waals surface area contributed by atoms with Gasteiger partial charge < -0.3 is 17.7 Å². The Morgan fingerprint density at radius 3 is 0.912 bits per heavy atom. The molecule has 0 bridgehead atoms. The number of nitrogens with zero attached hydrogens (tertiary/aromatic N) is 8. The molecule has 0 aliphatic carbocycles. The van der Waals surface area contributed by atoms with Gasteiger partial charge in [-0.05, 0) is 186 Å². The smallest absolute Gasteiger partial charge is 0.227 e. The van der Waals surface area contributed by atoms with Crippen LogP contribution < -0.4 is 18.3 Å². The summed E-state index contributed by atoms with van der Waals surface area (Å²) in [6.45, 7) is 23.7. The van der Waals surface area contributed by atoms with Crippen LogP contribution in [-0.4, -0.2) is 19.9 Å². The van der Waals surface area contributed by atoms with Gasteiger partial charge in [0.15, 0.2) is 47.1 Å². The van der Waals surface area contributed by atoms with Gasteiger partial charge in [0.2, 0.25) is 45.6 Å². The van der Waals surface area contributed by atoms with Crippen LogP contribution in [0.5, 0.6) is 0 Å². The SMILES string of the molecule is Cc1ccc2c(n1)oc1c(-c3cc(C(C)C)c(C)c[n+]3C)c(C)ccc12.[2H]C([2H])([2H])c1c[n+](C)c(-c2c(C)ccc3c2oc2nc(C)ccc23)cc1C(C)C.[2H]C([2H])([2H])c1c[n+](C)c(-c2c(C)ccc3c2oc2ncccc23)cc1C(C)C.[2H]C([2H])([2H])c1c[n+](C)c(-c2c(C)ccc3c2oc2ncccc23)cc1C([2H])(C)C. The summed E-state index contributed by atoms with van der Waals surface area (Å²) in [5.74, 6) is -0.407. The Balaban J connectivity index is 0.000000131. The summed E-state index contributed by atoms with van der Waals surface area (Å²) in [4.78, 5) is 17.8. The lowest BCUT2D eigenvalue weighted by atomic mass is 9.94. The third-order valence-electron chi connectivity index (χ3n) is 19.8. The average molecular weight is 1360 g/mol. The lowest BCUT2D eigenvalue weighted by Crippen LogP contribution is -2.32. The van der Waals surface area contributed by atoms with Gasteiger partial charge in [-0.15, -0.1) is 0 Å². The van der Waals surface area contributed by atoms with Crippen LogP contribution in [0.4, 0.5) is 0 Å². The molecule has 16 aromatic rings. The van der Waals surface area contributed by atoms with E-state index in [1.54, 1.807) is 49.4 Å². The average Bonchev–Trinajstić information content (AvgIpc) is 1.59. The molecule has 0 aliphatic heterocycles. The van der Waals surface area contributed by atoms with Crippen LogP contribution in [0.25, 0.3) is 133 Å².